The van der Waals surface area contributed by atoms with Gasteiger partial charge in [-0.1, -0.05) is 6.42 Å². The summed E-state index contributed by atoms with van der Waals surface area (Å²) in [5, 5.41) is 3.64. The topological polar surface area (TPSA) is 41.3 Å². The SMILES string of the molecule is NC1CCC(NCCN2CCCCC2)C1. The van der Waals surface area contributed by atoms with Crippen LogP contribution in [0.25, 0.3) is 0 Å². The highest BCUT2D eigenvalue weighted by Gasteiger charge is 2.21. The van der Waals surface area contributed by atoms with Crippen LogP contribution in [0, 0.1) is 0 Å². The van der Waals surface area contributed by atoms with E-state index in [2.05, 4.69) is 10.2 Å². The van der Waals surface area contributed by atoms with E-state index in [-0.39, 0.29) is 0 Å². The summed E-state index contributed by atoms with van der Waals surface area (Å²) in [6.45, 7) is 5.00. The van der Waals surface area contributed by atoms with Crippen LogP contribution in [-0.4, -0.2) is 43.2 Å². The molecule has 1 aliphatic heterocycles. The largest absolute Gasteiger partial charge is 0.328 e. The average Bonchev–Trinajstić information content (AvgIpc) is 2.66. The first-order valence-electron chi connectivity index (χ1n) is 6.56. The van der Waals surface area contributed by atoms with E-state index in [1.807, 2.05) is 0 Å². The van der Waals surface area contributed by atoms with Gasteiger partial charge in [-0.05, 0) is 45.2 Å². The number of nitrogens with zero attached hydrogens (tertiary/aromatic N) is 1. The number of hydrogen-bond donors (Lipinski definition) is 2. The lowest BCUT2D eigenvalue weighted by Gasteiger charge is -2.27. The predicted molar refractivity (Wildman–Crippen MR) is 63.9 cm³/mol. The molecule has 2 atom stereocenters. The van der Waals surface area contributed by atoms with Crippen LogP contribution in [0.4, 0.5) is 0 Å². The van der Waals surface area contributed by atoms with E-state index in [9.17, 15) is 0 Å². The van der Waals surface area contributed by atoms with Crippen molar-refractivity contribution in [1.29, 1.82) is 0 Å². The molecule has 1 saturated carbocycles. The van der Waals surface area contributed by atoms with Crippen LogP contribution in [-0.2, 0) is 0 Å². The molecule has 1 saturated heterocycles. The van der Waals surface area contributed by atoms with Crippen molar-refractivity contribution in [3.05, 3.63) is 0 Å². The van der Waals surface area contributed by atoms with Gasteiger partial charge in [0.15, 0.2) is 0 Å². The number of piperidine rings is 1. The second-order valence-electron chi connectivity index (χ2n) is 5.13. The molecular weight excluding hydrogens is 186 g/mol. The summed E-state index contributed by atoms with van der Waals surface area (Å²) >= 11 is 0. The van der Waals surface area contributed by atoms with Gasteiger partial charge in [0.25, 0.3) is 0 Å². The Bertz CT molecular complexity index is 173. The normalized spacial score (nSPS) is 33.4. The highest BCUT2D eigenvalue weighted by molar-refractivity contribution is 4.82. The van der Waals surface area contributed by atoms with Gasteiger partial charge in [0.05, 0.1) is 0 Å². The molecule has 1 aliphatic carbocycles. The third-order valence-electron chi connectivity index (χ3n) is 3.78. The fourth-order valence-electron chi connectivity index (χ4n) is 2.81. The molecule has 15 heavy (non-hydrogen) atoms. The summed E-state index contributed by atoms with van der Waals surface area (Å²) in [4.78, 5) is 2.59. The molecule has 3 N–H and O–H groups in total. The van der Waals surface area contributed by atoms with Gasteiger partial charge in [-0.15, -0.1) is 0 Å². The van der Waals surface area contributed by atoms with Gasteiger partial charge < -0.3 is 16.0 Å². The summed E-state index contributed by atoms with van der Waals surface area (Å²) < 4.78 is 0. The average molecular weight is 211 g/mol. The smallest absolute Gasteiger partial charge is 0.0107 e. The Morgan fingerprint density at radius 1 is 1.13 bits per heavy atom. The van der Waals surface area contributed by atoms with E-state index < -0.39 is 0 Å². The van der Waals surface area contributed by atoms with E-state index in [0.29, 0.717) is 12.1 Å². The second-order valence-corrected chi connectivity index (χ2v) is 5.13. The summed E-state index contributed by atoms with van der Waals surface area (Å²) in [6, 6.07) is 1.15. The molecule has 0 aromatic carbocycles. The Kier molecular flexibility index (Phi) is 4.42. The molecule has 3 heteroatoms. The van der Waals surface area contributed by atoms with Crippen molar-refractivity contribution in [3.8, 4) is 0 Å². The third kappa shape index (κ3) is 3.74. The minimum absolute atomic E-state index is 0.456. The van der Waals surface area contributed by atoms with Crippen molar-refractivity contribution in [2.45, 2.75) is 50.6 Å². The lowest BCUT2D eigenvalue weighted by atomic mass is 10.1. The maximum atomic E-state index is 5.89. The van der Waals surface area contributed by atoms with Gasteiger partial charge in [0, 0.05) is 25.2 Å². The molecule has 0 aromatic heterocycles. The first kappa shape index (κ1) is 11.4. The highest BCUT2D eigenvalue weighted by atomic mass is 15.1. The number of nitrogens with one attached hydrogen (secondary N) is 1. The highest BCUT2D eigenvalue weighted by Crippen LogP contribution is 2.16. The second kappa shape index (κ2) is 5.83. The molecule has 0 radical (unpaired) electrons. The van der Waals surface area contributed by atoms with E-state index in [4.69, 9.17) is 5.73 Å². The number of rotatable bonds is 4. The molecule has 88 valence electrons. The summed E-state index contributed by atoms with van der Waals surface area (Å²) in [5.74, 6) is 0. The quantitative estimate of drug-likeness (QED) is 0.727. The van der Waals surface area contributed by atoms with Crippen LogP contribution >= 0.6 is 0 Å². The van der Waals surface area contributed by atoms with Crippen LogP contribution in [0.3, 0.4) is 0 Å². The van der Waals surface area contributed by atoms with Crippen molar-refractivity contribution in [3.63, 3.8) is 0 Å². The molecule has 0 amide bonds. The van der Waals surface area contributed by atoms with E-state index >= 15 is 0 Å². The first-order chi connectivity index (χ1) is 7.34. The maximum Gasteiger partial charge on any atom is 0.0107 e. The standard InChI is InChI=1S/C12H25N3/c13-11-4-5-12(10-11)14-6-9-15-7-2-1-3-8-15/h11-12,14H,1-10,13H2. The van der Waals surface area contributed by atoms with Gasteiger partial charge in [-0.2, -0.15) is 0 Å². The van der Waals surface area contributed by atoms with Crippen molar-refractivity contribution < 1.29 is 0 Å². The molecule has 0 bridgehead atoms. The predicted octanol–water partition coefficient (Wildman–Crippen LogP) is 0.942. The fourth-order valence-corrected chi connectivity index (χ4v) is 2.81. The van der Waals surface area contributed by atoms with Crippen LogP contribution in [0.2, 0.25) is 0 Å². The Balaban J connectivity index is 1.54. The van der Waals surface area contributed by atoms with Crippen molar-refractivity contribution in [2.24, 2.45) is 5.73 Å². The third-order valence-corrected chi connectivity index (χ3v) is 3.78. The van der Waals surface area contributed by atoms with Gasteiger partial charge >= 0.3 is 0 Å². The molecule has 0 spiro atoms. The van der Waals surface area contributed by atoms with Crippen molar-refractivity contribution in [2.75, 3.05) is 26.2 Å². The Morgan fingerprint density at radius 2 is 1.93 bits per heavy atom. The number of likely N-dealkylation sites (tertiary alicyclic amines) is 1. The molecule has 0 aromatic rings. The molecule has 2 aliphatic rings. The molecule has 2 fully saturated rings. The van der Waals surface area contributed by atoms with Gasteiger partial charge in [-0.25, -0.2) is 0 Å². The number of nitrogens with two attached hydrogens (primary N) is 1. The van der Waals surface area contributed by atoms with Crippen LogP contribution in [0.5, 0.6) is 0 Å². The monoisotopic (exact) mass is 211 g/mol. The van der Waals surface area contributed by atoms with E-state index in [0.717, 1.165) is 6.54 Å². The summed E-state index contributed by atoms with van der Waals surface area (Å²) in [6.07, 6.45) is 7.90. The van der Waals surface area contributed by atoms with Crippen molar-refractivity contribution >= 4 is 0 Å². The summed E-state index contributed by atoms with van der Waals surface area (Å²) in [5.41, 5.74) is 5.89. The van der Waals surface area contributed by atoms with Gasteiger partial charge in [0.2, 0.25) is 0 Å². The van der Waals surface area contributed by atoms with E-state index in [1.54, 1.807) is 0 Å². The molecule has 3 nitrogen and oxygen atoms in total. The molecular formula is C12H25N3. The van der Waals surface area contributed by atoms with Crippen LogP contribution in [0.15, 0.2) is 0 Å². The zero-order valence-electron chi connectivity index (χ0n) is 9.75. The minimum atomic E-state index is 0.456. The maximum absolute atomic E-state index is 5.89. The lowest BCUT2D eigenvalue weighted by molar-refractivity contribution is 0.226. The van der Waals surface area contributed by atoms with Gasteiger partial charge in [-0.3, -0.25) is 0 Å². The van der Waals surface area contributed by atoms with Crippen molar-refractivity contribution in [1.82, 2.24) is 10.2 Å². The number of hydrogen-bond acceptors (Lipinski definition) is 3. The van der Waals surface area contributed by atoms with E-state index in [1.165, 1.54) is 58.2 Å². The van der Waals surface area contributed by atoms with Crippen LogP contribution < -0.4 is 11.1 Å². The molecule has 1 heterocycles. The first-order valence-corrected chi connectivity index (χ1v) is 6.56. The fraction of sp³-hybridized carbons (Fsp3) is 1.00. The summed E-state index contributed by atoms with van der Waals surface area (Å²) in [7, 11) is 0. The molecule has 2 rings (SSSR count). The van der Waals surface area contributed by atoms with Crippen LogP contribution in [0.1, 0.15) is 38.5 Å². The zero-order valence-corrected chi connectivity index (χ0v) is 9.75. The minimum Gasteiger partial charge on any atom is -0.328 e. The lowest BCUT2D eigenvalue weighted by Crippen LogP contribution is -2.38. The van der Waals surface area contributed by atoms with Gasteiger partial charge in [0.1, 0.15) is 0 Å². The Labute approximate surface area is 93.4 Å². The Hall–Kier alpha value is -0.120. The zero-order chi connectivity index (χ0) is 10.5. The Morgan fingerprint density at radius 3 is 2.60 bits per heavy atom. The molecule has 2 unspecified atom stereocenters.